The van der Waals surface area contributed by atoms with Gasteiger partial charge in [0.2, 0.25) is 11.8 Å². The smallest absolute Gasteiger partial charge is 0.226 e. The molecule has 2 amide bonds. The molecule has 1 aliphatic heterocycles. The fourth-order valence-corrected chi connectivity index (χ4v) is 1.29. The lowest BCUT2D eigenvalue weighted by molar-refractivity contribution is -0.141. The Morgan fingerprint density at radius 3 is 2.54 bits per heavy atom. The van der Waals surface area contributed by atoms with Crippen LogP contribution >= 0.6 is 0 Å². The number of likely N-dealkylation sites (tertiary alicyclic amines) is 1. The molecule has 1 N–H and O–H groups in total. The lowest BCUT2D eigenvalue weighted by Gasteiger charge is -2.37. The maximum atomic E-state index is 11.3. The Morgan fingerprint density at radius 1 is 1.46 bits per heavy atom. The third-order valence-corrected chi connectivity index (χ3v) is 2.25. The molecule has 4 heteroatoms. The van der Waals surface area contributed by atoms with Crippen molar-refractivity contribution in [2.24, 2.45) is 5.92 Å². The molecule has 0 saturated carbocycles. The standard InChI is InChI=1S/C9H16N2O2/c1-3-4-10-9(13)8-5-11(6-8)7(2)12/h8H,3-6H2,1-2H3,(H,10,13). The van der Waals surface area contributed by atoms with Crippen LogP contribution in [0.5, 0.6) is 0 Å². The van der Waals surface area contributed by atoms with E-state index in [4.69, 9.17) is 0 Å². The van der Waals surface area contributed by atoms with E-state index < -0.39 is 0 Å². The highest BCUT2D eigenvalue weighted by molar-refractivity contribution is 5.83. The van der Waals surface area contributed by atoms with Crippen molar-refractivity contribution in [3.63, 3.8) is 0 Å². The van der Waals surface area contributed by atoms with Crippen LogP contribution in [0.15, 0.2) is 0 Å². The molecule has 13 heavy (non-hydrogen) atoms. The van der Waals surface area contributed by atoms with E-state index in [1.807, 2.05) is 6.92 Å². The molecular weight excluding hydrogens is 168 g/mol. The molecule has 1 heterocycles. The summed E-state index contributed by atoms with van der Waals surface area (Å²) in [4.78, 5) is 23.8. The molecule has 0 bridgehead atoms. The van der Waals surface area contributed by atoms with Gasteiger partial charge in [-0.1, -0.05) is 6.92 Å². The largest absolute Gasteiger partial charge is 0.356 e. The van der Waals surface area contributed by atoms with E-state index in [9.17, 15) is 9.59 Å². The monoisotopic (exact) mass is 184 g/mol. The second-order valence-electron chi connectivity index (χ2n) is 3.41. The van der Waals surface area contributed by atoms with Gasteiger partial charge in [-0.15, -0.1) is 0 Å². The molecule has 1 rings (SSSR count). The summed E-state index contributed by atoms with van der Waals surface area (Å²) in [6, 6.07) is 0. The summed E-state index contributed by atoms with van der Waals surface area (Å²) < 4.78 is 0. The average Bonchev–Trinajstić information content (AvgIpc) is 1.97. The summed E-state index contributed by atoms with van der Waals surface area (Å²) in [6.07, 6.45) is 0.953. The second-order valence-corrected chi connectivity index (χ2v) is 3.41. The molecule has 0 radical (unpaired) electrons. The quantitative estimate of drug-likeness (QED) is 0.670. The van der Waals surface area contributed by atoms with Crippen LogP contribution in [0.4, 0.5) is 0 Å². The third kappa shape index (κ3) is 2.44. The molecular formula is C9H16N2O2. The van der Waals surface area contributed by atoms with Gasteiger partial charge in [0, 0.05) is 26.6 Å². The number of nitrogens with zero attached hydrogens (tertiary/aromatic N) is 1. The van der Waals surface area contributed by atoms with Crippen molar-refractivity contribution in [2.45, 2.75) is 20.3 Å². The number of hydrogen-bond donors (Lipinski definition) is 1. The van der Waals surface area contributed by atoms with E-state index in [1.54, 1.807) is 4.90 Å². The van der Waals surface area contributed by atoms with Gasteiger partial charge >= 0.3 is 0 Å². The first-order valence-electron chi connectivity index (χ1n) is 4.68. The summed E-state index contributed by atoms with van der Waals surface area (Å²) in [5.41, 5.74) is 0. The Labute approximate surface area is 78.3 Å². The van der Waals surface area contributed by atoms with Crippen LogP contribution in [0, 0.1) is 5.92 Å². The number of rotatable bonds is 3. The minimum Gasteiger partial charge on any atom is -0.356 e. The van der Waals surface area contributed by atoms with Crippen LogP contribution in [0.2, 0.25) is 0 Å². The zero-order valence-electron chi connectivity index (χ0n) is 8.17. The van der Waals surface area contributed by atoms with Crippen molar-refractivity contribution in [1.82, 2.24) is 10.2 Å². The molecule has 4 nitrogen and oxygen atoms in total. The number of hydrogen-bond acceptors (Lipinski definition) is 2. The first kappa shape index (κ1) is 10.0. The molecule has 0 aromatic carbocycles. The molecule has 0 atom stereocenters. The predicted octanol–water partition coefficient (Wildman–Crippen LogP) is -0.00910. The third-order valence-electron chi connectivity index (χ3n) is 2.25. The fraction of sp³-hybridized carbons (Fsp3) is 0.778. The van der Waals surface area contributed by atoms with Crippen molar-refractivity contribution in [2.75, 3.05) is 19.6 Å². The van der Waals surface area contributed by atoms with Crippen LogP contribution in [0.1, 0.15) is 20.3 Å². The highest BCUT2D eigenvalue weighted by atomic mass is 16.2. The van der Waals surface area contributed by atoms with Gasteiger partial charge in [0.1, 0.15) is 0 Å². The number of carbonyl (C=O) groups is 2. The van der Waals surface area contributed by atoms with Crippen LogP contribution < -0.4 is 5.32 Å². The summed E-state index contributed by atoms with van der Waals surface area (Å²) in [6.45, 7) is 5.45. The molecule has 1 aliphatic rings. The van der Waals surface area contributed by atoms with Gasteiger partial charge in [-0.2, -0.15) is 0 Å². The Morgan fingerprint density at radius 2 is 2.08 bits per heavy atom. The Kier molecular flexibility index (Phi) is 3.28. The lowest BCUT2D eigenvalue weighted by atomic mass is 9.99. The molecule has 1 fully saturated rings. The van der Waals surface area contributed by atoms with Crippen molar-refractivity contribution in [1.29, 1.82) is 0 Å². The summed E-state index contributed by atoms with van der Waals surface area (Å²) in [5, 5.41) is 2.82. The van der Waals surface area contributed by atoms with Gasteiger partial charge in [-0.05, 0) is 6.42 Å². The van der Waals surface area contributed by atoms with E-state index in [1.165, 1.54) is 6.92 Å². The Hall–Kier alpha value is -1.06. The maximum absolute atomic E-state index is 11.3. The molecule has 0 aromatic rings. The summed E-state index contributed by atoms with van der Waals surface area (Å²) in [7, 11) is 0. The lowest BCUT2D eigenvalue weighted by Crippen LogP contribution is -2.55. The minimum absolute atomic E-state index is 0.0236. The molecule has 74 valence electrons. The van der Waals surface area contributed by atoms with Crippen LogP contribution in [-0.4, -0.2) is 36.3 Å². The number of carbonyl (C=O) groups excluding carboxylic acids is 2. The van der Waals surface area contributed by atoms with Crippen molar-refractivity contribution >= 4 is 11.8 Å². The van der Waals surface area contributed by atoms with Crippen molar-refractivity contribution in [3.05, 3.63) is 0 Å². The molecule has 1 saturated heterocycles. The predicted molar refractivity (Wildman–Crippen MR) is 49.0 cm³/mol. The van der Waals surface area contributed by atoms with E-state index in [-0.39, 0.29) is 17.7 Å². The molecule has 0 aromatic heterocycles. The minimum atomic E-state index is 0.0236. The molecule has 0 aliphatic carbocycles. The van der Waals surface area contributed by atoms with E-state index in [0.717, 1.165) is 13.0 Å². The SMILES string of the molecule is CCCNC(=O)C1CN(C(C)=O)C1. The highest BCUT2D eigenvalue weighted by Crippen LogP contribution is 2.14. The van der Waals surface area contributed by atoms with Crippen molar-refractivity contribution < 1.29 is 9.59 Å². The zero-order chi connectivity index (χ0) is 9.84. The molecule has 0 unspecified atom stereocenters. The number of amides is 2. The van der Waals surface area contributed by atoms with Crippen LogP contribution in [0.3, 0.4) is 0 Å². The van der Waals surface area contributed by atoms with Gasteiger partial charge in [0.25, 0.3) is 0 Å². The van der Waals surface area contributed by atoms with Crippen LogP contribution in [-0.2, 0) is 9.59 Å². The van der Waals surface area contributed by atoms with Gasteiger partial charge in [0.15, 0.2) is 0 Å². The van der Waals surface area contributed by atoms with Crippen molar-refractivity contribution in [3.8, 4) is 0 Å². The van der Waals surface area contributed by atoms with Gasteiger partial charge in [-0.25, -0.2) is 0 Å². The molecule has 0 spiro atoms. The van der Waals surface area contributed by atoms with Gasteiger partial charge < -0.3 is 10.2 Å². The highest BCUT2D eigenvalue weighted by Gasteiger charge is 2.33. The van der Waals surface area contributed by atoms with E-state index >= 15 is 0 Å². The first-order valence-corrected chi connectivity index (χ1v) is 4.68. The van der Waals surface area contributed by atoms with E-state index in [2.05, 4.69) is 5.32 Å². The summed E-state index contributed by atoms with van der Waals surface area (Å²) in [5.74, 6) is 0.161. The normalized spacial score (nSPS) is 16.6. The van der Waals surface area contributed by atoms with Gasteiger partial charge in [0.05, 0.1) is 5.92 Å². The maximum Gasteiger partial charge on any atom is 0.226 e. The average molecular weight is 184 g/mol. The van der Waals surface area contributed by atoms with Crippen LogP contribution in [0.25, 0.3) is 0 Å². The topological polar surface area (TPSA) is 49.4 Å². The van der Waals surface area contributed by atoms with Gasteiger partial charge in [-0.3, -0.25) is 9.59 Å². The Bertz CT molecular complexity index is 210. The fourth-order valence-electron chi connectivity index (χ4n) is 1.29. The Balaban J connectivity index is 2.19. The zero-order valence-corrected chi connectivity index (χ0v) is 8.17. The number of nitrogens with one attached hydrogen (secondary N) is 1. The first-order chi connectivity index (χ1) is 6.15. The summed E-state index contributed by atoms with van der Waals surface area (Å²) >= 11 is 0. The van der Waals surface area contributed by atoms with E-state index in [0.29, 0.717) is 13.1 Å². The second kappa shape index (κ2) is 4.25.